The molecule has 0 bridgehead atoms. The van der Waals surface area contributed by atoms with Crippen molar-refractivity contribution in [2.75, 3.05) is 17.3 Å². The van der Waals surface area contributed by atoms with E-state index in [1.54, 1.807) is 24.0 Å². The van der Waals surface area contributed by atoms with Crippen LogP contribution in [0.1, 0.15) is 0 Å². The van der Waals surface area contributed by atoms with E-state index in [1.807, 2.05) is 30.5 Å². The Morgan fingerprint density at radius 2 is 2.18 bits per heavy atom. The Balaban J connectivity index is 2.25. The van der Waals surface area contributed by atoms with Crippen molar-refractivity contribution in [3.63, 3.8) is 0 Å². The van der Waals surface area contributed by atoms with Gasteiger partial charge in [-0.05, 0) is 30.5 Å². The van der Waals surface area contributed by atoms with E-state index in [2.05, 4.69) is 10.3 Å². The number of thioether (sulfide) groups is 1. The van der Waals surface area contributed by atoms with Crippen molar-refractivity contribution in [3.8, 4) is 0 Å². The predicted octanol–water partition coefficient (Wildman–Crippen LogP) is 3.78. The van der Waals surface area contributed by atoms with Gasteiger partial charge in [0.25, 0.3) is 0 Å². The van der Waals surface area contributed by atoms with E-state index < -0.39 is 0 Å². The summed E-state index contributed by atoms with van der Waals surface area (Å²) < 4.78 is 0. The molecule has 3 nitrogen and oxygen atoms in total. The fourth-order valence-corrected chi connectivity index (χ4v) is 2.06. The van der Waals surface area contributed by atoms with E-state index >= 15 is 0 Å². The molecule has 0 aliphatic heterocycles. The van der Waals surface area contributed by atoms with Crippen molar-refractivity contribution in [2.45, 2.75) is 4.90 Å². The van der Waals surface area contributed by atoms with Crippen LogP contribution in [0.25, 0.3) is 0 Å². The Kier molecular flexibility index (Phi) is 3.76. The molecule has 2 rings (SSSR count). The van der Waals surface area contributed by atoms with Gasteiger partial charge in [-0.15, -0.1) is 11.8 Å². The van der Waals surface area contributed by atoms with Crippen LogP contribution in [0.4, 0.5) is 17.2 Å². The molecular formula is C12H12ClN3S. The zero-order valence-corrected chi connectivity index (χ0v) is 10.8. The lowest BCUT2D eigenvalue weighted by molar-refractivity contribution is 1.30. The van der Waals surface area contributed by atoms with Gasteiger partial charge >= 0.3 is 0 Å². The van der Waals surface area contributed by atoms with Crippen molar-refractivity contribution >= 4 is 40.6 Å². The Morgan fingerprint density at radius 3 is 2.88 bits per heavy atom. The number of anilines is 3. The van der Waals surface area contributed by atoms with Gasteiger partial charge in [0.1, 0.15) is 5.82 Å². The summed E-state index contributed by atoms with van der Waals surface area (Å²) in [7, 11) is 0. The molecule has 0 saturated heterocycles. The summed E-state index contributed by atoms with van der Waals surface area (Å²) in [5.74, 6) is 0.610. The van der Waals surface area contributed by atoms with Crippen LogP contribution in [-0.2, 0) is 0 Å². The lowest BCUT2D eigenvalue weighted by Crippen LogP contribution is -1.96. The number of nitrogens with zero attached hydrogens (tertiary/aromatic N) is 1. The summed E-state index contributed by atoms with van der Waals surface area (Å²) in [6.45, 7) is 0. The van der Waals surface area contributed by atoms with Gasteiger partial charge in [-0.25, -0.2) is 4.98 Å². The second kappa shape index (κ2) is 5.29. The van der Waals surface area contributed by atoms with E-state index in [9.17, 15) is 0 Å². The number of halogens is 1. The molecule has 3 N–H and O–H groups in total. The van der Waals surface area contributed by atoms with Gasteiger partial charge in [0.05, 0.1) is 16.9 Å². The molecule has 0 amide bonds. The number of hydrogen-bond acceptors (Lipinski definition) is 4. The molecule has 0 unspecified atom stereocenters. The maximum atomic E-state index is 6.04. The van der Waals surface area contributed by atoms with E-state index in [-0.39, 0.29) is 0 Å². The first-order valence-corrected chi connectivity index (χ1v) is 6.61. The molecule has 0 radical (unpaired) electrons. The van der Waals surface area contributed by atoms with Gasteiger partial charge in [0, 0.05) is 10.6 Å². The van der Waals surface area contributed by atoms with Crippen LogP contribution in [0, 0.1) is 0 Å². The molecule has 0 fully saturated rings. The fraction of sp³-hybridized carbons (Fsp3) is 0.0833. The molecule has 2 aromatic rings. The quantitative estimate of drug-likeness (QED) is 0.829. The van der Waals surface area contributed by atoms with Crippen LogP contribution in [0.15, 0.2) is 41.4 Å². The second-order valence-corrected chi connectivity index (χ2v) is 4.74. The van der Waals surface area contributed by atoms with Gasteiger partial charge in [0.15, 0.2) is 0 Å². The third kappa shape index (κ3) is 3.05. The molecule has 17 heavy (non-hydrogen) atoms. The summed E-state index contributed by atoms with van der Waals surface area (Å²) in [6.07, 6.45) is 3.61. The van der Waals surface area contributed by atoms with Crippen molar-refractivity contribution in [3.05, 3.63) is 41.6 Å². The van der Waals surface area contributed by atoms with Gasteiger partial charge in [-0.3, -0.25) is 0 Å². The summed E-state index contributed by atoms with van der Waals surface area (Å²) in [4.78, 5) is 5.34. The first kappa shape index (κ1) is 12.1. The Bertz CT molecular complexity index is 531. The number of rotatable bonds is 3. The van der Waals surface area contributed by atoms with Gasteiger partial charge in [0.2, 0.25) is 0 Å². The molecule has 1 heterocycles. The van der Waals surface area contributed by atoms with Crippen molar-refractivity contribution in [2.24, 2.45) is 0 Å². The zero-order valence-electron chi connectivity index (χ0n) is 9.27. The highest BCUT2D eigenvalue weighted by Gasteiger charge is 2.03. The molecular weight excluding hydrogens is 254 g/mol. The average Bonchev–Trinajstić information content (AvgIpc) is 2.33. The number of hydrogen-bond donors (Lipinski definition) is 2. The largest absolute Gasteiger partial charge is 0.397 e. The van der Waals surface area contributed by atoms with Gasteiger partial charge < -0.3 is 11.1 Å². The van der Waals surface area contributed by atoms with Crippen molar-refractivity contribution in [1.82, 2.24) is 4.98 Å². The van der Waals surface area contributed by atoms with E-state index in [4.69, 9.17) is 17.3 Å². The molecule has 88 valence electrons. The van der Waals surface area contributed by atoms with E-state index in [0.717, 1.165) is 5.69 Å². The van der Waals surface area contributed by atoms with Crippen LogP contribution in [0.2, 0.25) is 5.02 Å². The number of pyridine rings is 1. The lowest BCUT2D eigenvalue weighted by Gasteiger charge is -2.08. The van der Waals surface area contributed by atoms with Gasteiger partial charge in [-0.1, -0.05) is 17.7 Å². The summed E-state index contributed by atoms with van der Waals surface area (Å²) in [5, 5.41) is 3.68. The van der Waals surface area contributed by atoms with Crippen molar-refractivity contribution < 1.29 is 0 Å². The van der Waals surface area contributed by atoms with Crippen LogP contribution >= 0.6 is 23.4 Å². The van der Waals surface area contributed by atoms with Crippen LogP contribution in [0.3, 0.4) is 0 Å². The Morgan fingerprint density at radius 1 is 1.35 bits per heavy atom. The molecule has 0 aliphatic carbocycles. The maximum Gasteiger partial charge on any atom is 0.149 e. The molecule has 0 saturated carbocycles. The average molecular weight is 266 g/mol. The minimum atomic E-state index is 0.513. The number of nitrogen functional groups attached to an aromatic ring is 1. The number of benzene rings is 1. The number of nitrogens with two attached hydrogens (primary N) is 1. The summed E-state index contributed by atoms with van der Waals surface area (Å²) in [5.41, 5.74) is 7.10. The first-order valence-electron chi connectivity index (χ1n) is 5.01. The molecule has 5 heteroatoms. The van der Waals surface area contributed by atoms with E-state index in [0.29, 0.717) is 16.5 Å². The minimum Gasteiger partial charge on any atom is -0.397 e. The molecule has 1 aromatic carbocycles. The Hall–Kier alpha value is -1.39. The third-order valence-electron chi connectivity index (χ3n) is 2.19. The van der Waals surface area contributed by atoms with Crippen LogP contribution in [-0.4, -0.2) is 11.2 Å². The second-order valence-electron chi connectivity index (χ2n) is 3.46. The SMILES string of the molecule is CSc1cccc(Nc2ncc(N)cc2Cl)c1. The minimum absolute atomic E-state index is 0.513. The molecule has 0 spiro atoms. The van der Waals surface area contributed by atoms with Gasteiger partial charge in [-0.2, -0.15) is 0 Å². The van der Waals surface area contributed by atoms with Crippen LogP contribution in [0.5, 0.6) is 0 Å². The molecule has 0 atom stereocenters. The lowest BCUT2D eigenvalue weighted by atomic mass is 10.3. The maximum absolute atomic E-state index is 6.04. The number of nitrogens with one attached hydrogen (secondary N) is 1. The summed E-state index contributed by atoms with van der Waals surface area (Å²) in [6, 6.07) is 9.72. The zero-order chi connectivity index (χ0) is 12.3. The summed E-state index contributed by atoms with van der Waals surface area (Å²) >= 11 is 7.73. The first-order chi connectivity index (χ1) is 8.19. The highest BCUT2D eigenvalue weighted by molar-refractivity contribution is 7.98. The highest BCUT2D eigenvalue weighted by atomic mass is 35.5. The Labute approximate surface area is 109 Å². The molecule has 0 aliphatic rings. The van der Waals surface area contributed by atoms with Crippen molar-refractivity contribution in [1.29, 1.82) is 0 Å². The predicted molar refractivity (Wildman–Crippen MR) is 75.2 cm³/mol. The number of aromatic nitrogens is 1. The topological polar surface area (TPSA) is 50.9 Å². The fourth-order valence-electron chi connectivity index (χ4n) is 1.38. The third-order valence-corrected chi connectivity index (χ3v) is 3.21. The normalized spacial score (nSPS) is 10.2. The van der Waals surface area contributed by atoms with E-state index in [1.165, 1.54) is 4.90 Å². The molecule has 1 aromatic heterocycles. The highest BCUT2D eigenvalue weighted by Crippen LogP contribution is 2.26. The van der Waals surface area contributed by atoms with Crippen LogP contribution < -0.4 is 11.1 Å². The smallest absolute Gasteiger partial charge is 0.149 e. The monoisotopic (exact) mass is 265 g/mol. The standard InChI is InChI=1S/C12H12ClN3S/c1-17-10-4-2-3-9(6-10)16-12-11(13)5-8(14)7-15-12/h2-7H,14H2,1H3,(H,15,16).